The lowest BCUT2D eigenvalue weighted by molar-refractivity contribution is -0.149. The summed E-state index contributed by atoms with van der Waals surface area (Å²) in [4.78, 5) is 23.8. The number of halogens is 2. The summed E-state index contributed by atoms with van der Waals surface area (Å²) in [5.41, 5.74) is 0.368. The van der Waals surface area contributed by atoms with E-state index in [-0.39, 0.29) is 5.75 Å². The number of amides is 1. The monoisotopic (exact) mass is 471 g/mol. The molecule has 10 heteroatoms. The van der Waals surface area contributed by atoms with Crippen LogP contribution in [-0.4, -0.2) is 46.4 Å². The lowest BCUT2D eigenvalue weighted by atomic mass is 10.2. The second kappa shape index (κ2) is 10.5. The van der Waals surface area contributed by atoms with Crippen molar-refractivity contribution in [3.05, 3.63) is 40.6 Å². The van der Waals surface area contributed by atoms with Crippen molar-refractivity contribution in [3.8, 4) is 23.0 Å². The number of ether oxygens (including phenoxy) is 5. The molecular formula is C19H19BrFNO7. The van der Waals surface area contributed by atoms with Crippen molar-refractivity contribution in [3.63, 3.8) is 0 Å². The standard InChI is InChI=1S/C19H19BrFNO7/c1-25-15-7-12(8-16(26-2)19(15)27-3)22-17(23)9-29-18(24)10-28-14-5-4-11(21)6-13(14)20/h4-8H,9-10H2,1-3H3,(H,22,23). The molecule has 0 aliphatic carbocycles. The van der Waals surface area contributed by atoms with Gasteiger partial charge >= 0.3 is 5.97 Å². The minimum Gasteiger partial charge on any atom is -0.493 e. The molecule has 0 radical (unpaired) electrons. The molecule has 2 rings (SSSR count). The van der Waals surface area contributed by atoms with Gasteiger partial charge in [0.25, 0.3) is 5.91 Å². The second-order valence-corrected chi connectivity index (χ2v) is 6.34. The maximum atomic E-state index is 13.0. The van der Waals surface area contributed by atoms with E-state index in [1.54, 1.807) is 0 Å². The van der Waals surface area contributed by atoms with E-state index in [0.717, 1.165) is 0 Å². The van der Waals surface area contributed by atoms with E-state index in [0.29, 0.717) is 27.4 Å². The Kier molecular flexibility index (Phi) is 8.08. The van der Waals surface area contributed by atoms with Crippen molar-refractivity contribution < 1.29 is 37.7 Å². The first-order chi connectivity index (χ1) is 13.9. The number of carbonyl (C=O) groups excluding carboxylic acids is 2. The van der Waals surface area contributed by atoms with E-state index in [9.17, 15) is 14.0 Å². The van der Waals surface area contributed by atoms with Crippen LogP contribution in [-0.2, 0) is 14.3 Å². The summed E-state index contributed by atoms with van der Waals surface area (Å²) in [5, 5.41) is 2.57. The lowest BCUT2D eigenvalue weighted by Gasteiger charge is -2.14. The maximum absolute atomic E-state index is 13.0. The molecule has 8 nitrogen and oxygen atoms in total. The average molecular weight is 472 g/mol. The Morgan fingerprint density at radius 2 is 1.62 bits per heavy atom. The molecule has 2 aromatic rings. The first kappa shape index (κ1) is 22.3. The highest BCUT2D eigenvalue weighted by molar-refractivity contribution is 9.10. The highest BCUT2D eigenvalue weighted by Gasteiger charge is 2.15. The molecule has 156 valence electrons. The Morgan fingerprint density at radius 1 is 0.966 bits per heavy atom. The van der Waals surface area contributed by atoms with Crippen molar-refractivity contribution in [2.75, 3.05) is 39.9 Å². The van der Waals surface area contributed by atoms with Crippen LogP contribution in [0.15, 0.2) is 34.8 Å². The van der Waals surface area contributed by atoms with Gasteiger partial charge in [-0.3, -0.25) is 4.79 Å². The van der Waals surface area contributed by atoms with Crippen LogP contribution in [0, 0.1) is 5.82 Å². The van der Waals surface area contributed by atoms with Gasteiger partial charge < -0.3 is 29.0 Å². The Labute approximate surface area is 175 Å². The highest BCUT2D eigenvalue weighted by Crippen LogP contribution is 2.39. The number of methoxy groups -OCH3 is 3. The van der Waals surface area contributed by atoms with Crippen LogP contribution in [0.5, 0.6) is 23.0 Å². The van der Waals surface area contributed by atoms with E-state index in [1.165, 1.54) is 51.7 Å². The largest absolute Gasteiger partial charge is 0.493 e. The summed E-state index contributed by atoms with van der Waals surface area (Å²) in [6.07, 6.45) is 0. The lowest BCUT2D eigenvalue weighted by Crippen LogP contribution is -2.23. The molecule has 0 saturated heterocycles. The molecule has 0 aromatic heterocycles. The topological polar surface area (TPSA) is 92.3 Å². The molecule has 1 N–H and O–H groups in total. The third-order valence-electron chi connectivity index (χ3n) is 3.55. The molecule has 0 saturated carbocycles. The molecule has 29 heavy (non-hydrogen) atoms. The predicted molar refractivity (Wildman–Crippen MR) is 105 cm³/mol. The van der Waals surface area contributed by atoms with Crippen LogP contribution in [0.3, 0.4) is 0 Å². The summed E-state index contributed by atoms with van der Waals surface area (Å²) in [6, 6.07) is 6.83. The van der Waals surface area contributed by atoms with E-state index in [1.807, 2.05) is 0 Å². The third kappa shape index (κ3) is 6.24. The zero-order chi connectivity index (χ0) is 21.4. The smallest absolute Gasteiger partial charge is 0.344 e. The molecule has 0 spiro atoms. The molecule has 0 atom stereocenters. The van der Waals surface area contributed by atoms with Crippen LogP contribution < -0.4 is 24.3 Å². The summed E-state index contributed by atoms with van der Waals surface area (Å²) in [7, 11) is 4.36. The zero-order valence-electron chi connectivity index (χ0n) is 15.9. The van der Waals surface area contributed by atoms with Crippen molar-refractivity contribution in [2.45, 2.75) is 0 Å². The summed E-state index contributed by atoms with van der Waals surface area (Å²) >= 11 is 3.12. The zero-order valence-corrected chi connectivity index (χ0v) is 17.5. The van der Waals surface area contributed by atoms with E-state index >= 15 is 0 Å². The highest BCUT2D eigenvalue weighted by atomic mass is 79.9. The molecule has 0 fully saturated rings. The first-order valence-electron chi connectivity index (χ1n) is 8.21. The average Bonchev–Trinajstić information content (AvgIpc) is 2.70. The minimum absolute atomic E-state index is 0.269. The summed E-state index contributed by atoms with van der Waals surface area (Å²) < 4.78 is 39.1. The SMILES string of the molecule is COc1cc(NC(=O)COC(=O)COc2ccc(F)cc2Br)cc(OC)c1OC. The molecule has 1 amide bonds. The van der Waals surface area contributed by atoms with Gasteiger partial charge in [0.05, 0.1) is 25.8 Å². The number of hydrogen-bond donors (Lipinski definition) is 1. The Bertz CT molecular complexity index is 866. The van der Waals surface area contributed by atoms with Gasteiger partial charge in [-0.05, 0) is 34.1 Å². The maximum Gasteiger partial charge on any atom is 0.344 e. The van der Waals surface area contributed by atoms with Crippen molar-refractivity contribution in [2.24, 2.45) is 0 Å². The minimum atomic E-state index is -0.763. The molecule has 0 aliphatic rings. The number of benzene rings is 2. The Balaban J connectivity index is 1.88. The fourth-order valence-corrected chi connectivity index (χ4v) is 2.73. The number of anilines is 1. The number of esters is 1. The van der Waals surface area contributed by atoms with E-state index in [2.05, 4.69) is 21.2 Å². The molecular weight excluding hydrogens is 453 g/mol. The number of carbonyl (C=O) groups is 2. The fourth-order valence-electron chi connectivity index (χ4n) is 2.27. The summed E-state index contributed by atoms with van der Waals surface area (Å²) in [5.74, 6) is -0.421. The van der Waals surface area contributed by atoms with Crippen LogP contribution in [0.4, 0.5) is 10.1 Å². The van der Waals surface area contributed by atoms with Crippen LogP contribution in [0.1, 0.15) is 0 Å². The fraction of sp³-hybridized carbons (Fsp3) is 0.263. The summed E-state index contributed by atoms with van der Waals surface area (Å²) in [6.45, 7) is -0.967. The number of nitrogens with one attached hydrogen (secondary N) is 1. The molecule has 2 aromatic carbocycles. The van der Waals surface area contributed by atoms with Crippen LogP contribution in [0.2, 0.25) is 0 Å². The van der Waals surface area contributed by atoms with Gasteiger partial charge in [0, 0.05) is 17.8 Å². The molecule has 0 bridgehead atoms. The van der Waals surface area contributed by atoms with Gasteiger partial charge in [-0.2, -0.15) is 0 Å². The van der Waals surface area contributed by atoms with Crippen molar-refractivity contribution in [1.29, 1.82) is 0 Å². The van der Waals surface area contributed by atoms with Crippen LogP contribution in [0.25, 0.3) is 0 Å². The number of rotatable bonds is 9. The Hall–Kier alpha value is -3.01. The van der Waals surface area contributed by atoms with Gasteiger partial charge in [0.2, 0.25) is 5.75 Å². The third-order valence-corrected chi connectivity index (χ3v) is 4.17. The molecule has 0 heterocycles. The second-order valence-electron chi connectivity index (χ2n) is 5.49. The number of hydrogen-bond acceptors (Lipinski definition) is 7. The molecule has 0 unspecified atom stereocenters. The predicted octanol–water partition coefficient (Wildman–Crippen LogP) is 3.17. The van der Waals surface area contributed by atoms with Gasteiger partial charge in [-0.25, -0.2) is 9.18 Å². The van der Waals surface area contributed by atoms with Crippen molar-refractivity contribution >= 4 is 33.5 Å². The van der Waals surface area contributed by atoms with E-state index < -0.39 is 30.9 Å². The van der Waals surface area contributed by atoms with Gasteiger partial charge in [-0.15, -0.1) is 0 Å². The quantitative estimate of drug-likeness (QED) is 0.561. The van der Waals surface area contributed by atoms with Gasteiger partial charge in [0.1, 0.15) is 11.6 Å². The van der Waals surface area contributed by atoms with Gasteiger partial charge in [-0.1, -0.05) is 0 Å². The van der Waals surface area contributed by atoms with Crippen LogP contribution >= 0.6 is 15.9 Å². The molecule has 0 aliphatic heterocycles. The Morgan fingerprint density at radius 3 is 2.17 bits per heavy atom. The van der Waals surface area contributed by atoms with Gasteiger partial charge in [0.15, 0.2) is 24.7 Å². The van der Waals surface area contributed by atoms with Crippen molar-refractivity contribution in [1.82, 2.24) is 0 Å². The normalized spacial score (nSPS) is 10.1. The van der Waals surface area contributed by atoms with E-state index in [4.69, 9.17) is 23.7 Å². The first-order valence-corrected chi connectivity index (χ1v) is 9.00.